The van der Waals surface area contributed by atoms with Crippen molar-refractivity contribution in [2.45, 2.75) is 37.5 Å². The molecule has 0 radical (unpaired) electrons. The Bertz CT molecular complexity index is 247. The van der Waals surface area contributed by atoms with Crippen LogP contribution >= 0.6 is 0 Å². The third kappa shape index (κ3) is 1.48. The first-order valence-electron chi connectivity index (χ1n) is 5.07. The fourth-order valence-corrected chi connectivity index (χ4v) is 2.38. The van der Waals surface area contributed by atoms with Gasteiger partial charge in [-0.1, -0.05) is 19.3 Å². The lowest BCUT2D eigenvalue weighted by molar-refractivity contribution is 0.301. The average Bonchev–Trinajstić information content (AvgIpc) is 2.72. The molecule has 1 aliphatic carbocycles. The zero-order valence-electron chi connectivity index (χ0n) is 7.92. The minimum Gasteiger partial charge on any atom is -0.330 e. The molecule has 0 amide bonds. The van der Waals surface area contributed by atoms with Crippen molar-refractivity contribution in [2.24, 2.45) is 5.73 Å². The normalized spacial score (nSPS) is 21.6. The van der Waals surface area contributed by atoms with Gasteiger partial charge in [0, 0.05) is 18.2 Å². The molecule has 72 valence electrons. The Balaban J connectivity index is 2.23. The Labute approximate surface area is 78.7 Å². The van der Waals surface area contributed by atoms with Crippen molar-refractivity contribution in [1.82, 2.24) is 10.2 Å². The van der Waals surface area contributed by atoms with E-state index in [9.17, 15) is 0 Å². The maximum atomic E-state index is 5.89. The zero-order chi connectivity index (χ0) is 9.15. The van der Waals surface area contributed by atoms with E-state index in [1.807, 2.05) is 12.4 Å². The molecule has 1 saturated carbocycles. The van der Waals surface area contributed by atoms with Crippen molar-refractivity contribution < 1.29 is 0 Å². The van der Waals surface area contributed by atoms with Crippen LogP contribution in [0.4, 0.5) is 0 Å². The van der Waals surface area contributed by atoms with Gasteiger partial charge in [-0.25, -0.2) is 0 Å². The van der Waals surface area contributed by atoms with Crippen molar-refractivity contribution in [3.63, 3.8) is 0 Å². The summed E-state index contributed by atoms with van der Waals surface area (Å²) in [5.41, 5.74) is 7.42. The molecule has 1 aliphatic rings. The van der Waals surface area contributed by atoms with Crippen LogP contribution in [0.5, 0.6) is 0 Å². The van der Waals surface area contributed by atoms with Crippen LogP contribution in [0.25, 0.3) is 0 Å². The van der Waals surface area contributed by atoms with E-state index in [-0.39, 0.29) is 5.41 Å². The highest BCUT2D eigenvalue weighted by Crippen LogP contribution is 2.37. The van der Waals surface area contributed by atoms with Gasteiger partial charge < -0.3 is 5.73 Å². The van der Waals surface area contributed by atoms with Crippen LogP contribution in [0.3, 0.4) is 0 Å². The molecule has 0 unspecified atom stereocenters. The van der Waals surface area contributed by atoms with Crippen LogP contribution in [0.2, 0.25) is 0 Å². The fourth-order valence-electron chi connectivity index (χ4n) is 2.38. The smallest absolute Gasteiger partial charge is 0.0525 e. The average molecular weight is 179 g/mol. The minimum absolute atomic E-state index is 0.227. The lowest BCUT2D eigenvalue weighted by Gasteiger charge is -2.35. The van der Waals surface area contributed by atoms with Gasteiger partial charge >= 0.3 is 0 Å². The van der Waals surface area contributed by atoms with Crippen molar-refractivity contribution in [3.05, 3.63) is 18.0 Å². The summed E-state index contributed by atoms with van der Waals surface area (Å²) in [4.78, 5) is 0. The molecule has 0 spiro atoms. The summed E-state index contributed by atoms with van der Waals surface area (Å²) in [6.07, 6.45) is 10.4. The largest absolute Gasteiger partial charge is 0.330 e. The molecule has 0 atom stereocenters. The second kappa shape index (κ2) is 3.50. The van der Waals surface area contributed by atoms with Crippen LogP contribution in [-0.4, -0.2) is 16.7 Å². The van der Waals surface area contributed by atoms with Crippen molar-refractivity contribution >= 4 is 0 Å². The Morgan fingerprint density at radius 2 is 2.15 bits per heavy atom. The molecular formula is C10H17N3. The molecule has 1 heterocycles. The van der Waals surface area contributed by atoms with Crippen molar-refractivity contribution in [3.8, 4) is 0 Å². The first-order chi connectivity index (χ1) is 6.37. The first-order valence-corrected chi connectivity index (χ1v) is 5.07. The highest BCUT2D eigenvalue weighted by Gasteiger charge is 2.32. The maximum Gasteiger partial charge on any atom is 0.0525 e. The van der Waals surface area contributed by atoms with Gasteiger partial charge in [0.25, 0.3) is 0 Å². The molecule has 3 heteroatoms. The summed E-state index contributed by atoms with van der Waals surface area (Å²) >= 11 is 0. The molecule has 2 rings (SSSR count). The van der Waals surface area contributed by atoms with Gasteiger partial charge in [0.15, 0.2) is 0 Å². The SMILES string of the molecule is NCC1(c2cn[nH]c2)CCCCC1. The Morgan fingerprint density at radius 3 is 2.69 bits per heavy atom. The number of rotatable bonds is 2. The summed E-state index contributed by atoms with van der Waals surface area (Å²) < 4.78 is 0. The zero-order valence-corrected chi connectivity index (χ0v) is 7.92. The number of hydrogen-bond acceptors (Lipinski definition) is 2. The van der Waals surface area contributed by atoms with E-state index in [4.69, 9.17) is 5.73 Å². The van der Waals surface area contributed by atoms with Crippen LogP contribution in [0.1, 0.15) is 37.7 Å². The molecule has 0 aromatic carbocycles. The Kier molecular flexibility index (Phi) is 2.36. The standard InChI is InChI=1S/C10H17N3/c11-8-10(4-2-1-3-5-10)9-6-12-13-7-9/h6-7H,1-5,8,11H2,(H,12,13). The van der Waals surface area contributed by atoms with Crippen LogP contribution in [-0.2, 0) is 5.41 Å². The summed E-state index contributed by atoms with van der Waals surface area (Å²) in [5, 5.41) is 6.89. The number of aromatic amines is 1. The number of hydrogen-bond donors (Lipinski definition) is 2. The lowest BCUT2D eigenvalue weighted by atomic mass is 9.70. The van der Waals surface area contributed by atoms with Gasteiger partial charge in [-0.2, -0.15) is 5.10 Å². The van der Waals surface area contributed by atoms with Crippen LogP contribution < -0.4 is 5.73 Å². The second-order valence-corrected chi connectivity index (χ2v) is 4.03. The van der Waals surface area contributed by atoms with E-state index in [2.05, 4.69) is 10.2 Å². The van der Waals surface area contributed by atoms with Crippen LogP contribution in [0, 0.1) is 0 Å². The number of H-pyrrole nitrogens is 1. The first kappa shape index (κ1) is 8.75. The molecule has 3 nitrogen and oxygen atoms in total. The Hall–Kier alpha value is -0.830. The summed E-state index contributed by atoms with van der Waals surface area (Å²) in [6, 6.07) is 0. The van der Waals surface area contributed by atoms with Crippen molar-refractivity contribution in [2.75, 3.05) is 6.54 Å². The predicted octanol–water partition coefficient (Wildman–Crippen LogP) is 1.57. The third-order valence-electron chi connectivity index (χ3n) is 3.31. The van der Waals surface area contributed by atoms with Crippen molar-refractivity contribution in [1.29, 1.82) is 0 Å². The van der Waals surface area contributed by atoms with E-state index in [0.29, 0.717) is 0 Å². The third-order valence-corrected chi connectivity index (χ3v) is 3.31. The van der Waals surface area contributed by atoms with Gasteiger partial charge in [-0.05, 0) is 18.4 Å². The number of nitrogens with zero attached hydrogens (tertiary/aromatic N) is 1. The van der Waals surface area contributed by atoms with Gasteiger partial charge in [-0.15, -0.1) is 0 Å². The second-order valence-electron chi connectivity index (χ2n) is 4.03. The van der Waals surface area contributed by atoms with E-state index < -0.39 is 0 Å². The molecule has 0 aliphatic heterocycles. The molecular weight excluding hydrogens is 162 g/mol. The highest BCUT2D eigenvalue weighted by atomic mass is 15.1. The summed E-state index contributed by atoms with van der Waals surface area (Å²) in [5.74, 6) is 0. The number of nitrogens with two attached hydrogens (primary N) is 1. The van der Waals surface area contributed by atoms with E-state index in [0.717, 1.165) is 6.54 Å². The molecule has 1 fully saturated rings. The minimum atomic E-state index is 0.227. The molecule has 1 aromatic heterocycles. The molecule has 0 saturated heterocycles. The summed E-state index contributed by atoms with van der Waals surface area (Å²) in [6.45, 7) is 0.756. The Morgan fingerprint density at radius 1 is 1.38 bits per heavy atom. The van der Waals surface area contributed by atoms with Gasteiger partial charge in [0.1, 0.15) is 0 Å². The van der Waals surface area contributed by atoms with Crippen LogP contribution in [0.15, 0.2) is 12.4 Å². The number of aromatic nitrogens is 2. The molecule has 1 aromatic rings. The molecule has 3 N–H and O–H groups in total. The fraction of sp³-hybridized carbons (Fsp3) is 0.700. The molecule has 13 heavy (non-hydrogen) atoms. The maximum absolute atomic E-state index is 5.89. The predicted molar refractivity (Wildman–Crippen MR) is 52.4 cm³/mol. The quantitative estimate of drug-likeness (QED) is 0.724. The van der Waals surface area contributed by atoms with Gasteiger partial charge in [0.05, 0.1) is 6.20 Å². The topological polar surface area (TPSA) is 54.7 Å². The lowest BCUT2D eigenvalue weighted by Crippen LogP contribution is -2.36. The monoisotopic (exact) mass is 179 g/mol. The highest BCUT2D eigenvalue weighted by molar-refractivity contribution is 5.20. The molecule has 0 bridgehead atoms. The van der Waals surface area contributed by atoms with E-state index in [1.54, 1.807) is 0 Å². The summed E-state index contributed by atoms with van der Waals surface area (Å²) in [7, 11) is 0. The van der Waals surface area contributed by atoms with E-state index >= 15 is 0 Å². The van der Waals surface area contributed by atoms with Gasteiger partial charge in [0.2, 0.25) is 0 Å². The number of nitrogens with one attached hydrogen (secondary N) is 1. The van der Waals surface area contributed by atoms with E-state index in [1.165, 1.54) is 37.7 Å². The van der Waals surface area contributed by atoms with Gasteiger partial charge in [-0.3, -0.25) is 5.10 Å².